The van der Waals surface area contributed by atoms with E-state index >= 15 is 0 Å². The first-order valence-corrected chi connectivity index (χ1v) is 15.7. The minimum Gasteiger partial charge on any atom is -0.457 e. The van der Waals surface area contributed by atoms with Crippen molar-refractivity contribution in [3.8, 4) is 22.6 Å². The maximum atomic E-state index is 6.86. The van der Waals surface area contributed by atoms with E-state index in [-0.39, 0.29) is 0 Å². The fraction of sp³-hybridized carbons (Fsp3) is 0.0233. The van der Waals surface area contributed by atoms with Gasteiger partial charge in [0, 0.05) is 44.5 Å². The standard InChI is InChI=1S/C43H27NO2/c1-3-13-28(14-4-1)44(29-15-5-2-6-16-29)30-23-26-38-33(27-30)31-24-25-37-41(42(31)46-38)32-17-7-8-18-34(32)43(37)35-19-9-11-21-39(35)45-40-22-12-10-20-36(40)43/h1-27H. The average molecular weight is 590 g/mol. The maximum Gasteiger partial charge on any atom is 0.143 e. The summed E-state index contributed by atoms with van der Waals surface area (Å²) in [6.45, 7) is 0. The highest BCUT2D eigenvalue weighted by Crippen LogP contribution is 2.63. The van der Waals surface area contributed by atoms with Crippen molar-refractivity contribution >= 4 is 39.0 Å². The summed E-state index contributed by atoms with van der Waals surface area (Å²) >= 11 is 0. The van der Waals surface area contributed by atoms with Crippen molar-refractivity contribution in [2.75, 3.05) is 4.90 Å². The Morgan fingerprint density at radius 2 is 1.02 bits per heavy atom. The number of furan rings is 1. The highest BCUT2D eigenvalue weighted by molar-refractivity contribution is 6.13. The molecule has 0 amide bonds. The molecule has 0 saturated heterocycles. The summed E-state index contributed by atoms with van der Waals surface area (Å²) in [4.78, 5) is 2.30. The molecular weight excluding hydrogens is 562 g/mol. The van der Waals surface area contributed by atoms with Gasteiger partial charge in [0.05, 0.1) is 5.41 Å². The lowest BCUT2D eigenvalue weighted by Crippen LogP contribution is -2.32. The Morgan fingerprint density at radius 1 is 0.435 bits per heavy atom. The average Bonchev–Trinajstić information content (AvgIpc) is 3.63. The predicted molar refractivity (Wildman–Crippen MR) is 186 cm³/mol. The quantitative estimate of drug-likeness (QED) is 0.205. The molecule has 3 heteroatoms. The Morgan fingerprint density at radius 3 is 1.70 bits per heavy atom. The molecule has 0 radical (unpaired) electrons. The third kappa shape index (κ3) is 3.32. The zero-order chi connectivity index (χ0) is 30.2. The van der Waals surface area contributed by atoms with Crippen LogP contribution >= 0.6 is 0 Å². The van der Waals surface area contributed by atoms with Gasteiger partial charge in [-0.25, -0.2) is 0 Å². The number of anilines is 3. The third-order valence-electron chi connectivity index (χ3n) is 9.72. The van der Waals surface area contributed by atoms with Crippen LogP contribution in [0.5, 0.6) is 11.5 Å². The van der Waals surface area contributed by atoms with Gasteiger partial charge in [-0.2, -0.15) is 0 Å². The molecule has 7 aromatic carbocycles. The Hall–Kier alpha value is -6.06. The lowest BCUT2D eigenvalue weighted by molar-refractivity contribution is 0.436. The van der Waals surface area contributed by atoms with E-state index in [9.17, 15) is 0 Å². The van der Waals surface area contributed by atoms with Crippen molar-refractivity contribution in [2.45, 2.75) is 5.41 Å². The van der Waals surface area contributed by atoms with Crippen LogP contribution in [0.25, 0.3) is 33.1 Å². The van der Waals surface area contributed by atoms with Crippen molar-refractivity contribution < 1.29 is 9.15 Å². The first kappa shape index (κ1) is 25.3. The van der Waals surface area contributed by atoms with Gasteiger partial charge in [-0.1, -0.05) is 109 Å². The SMILES string of the molecule is c1ccc(N(c2ccccc2)c2ccc3oc4c5c(ccc4c3c2)C2(c3ccccc3Oc3ccccc32)c2ccccc2-5)cc1. The van der Waals surface area contributed by atoms with Crippen molar-refractivity contribution in [1.82, 2.24) is 0 Å². The first-order valence-electron chi connectivity index (χ1n) is 15.7. The number of hydrogen-bond donors (Lipinski definition) is 0. The Labute approximate surface area is 266 Å². The van der Waals surface area contributed by atoms with Gasteiger partial charge in [-0.05, 0) is 71.3 Å². The van der Waals surface area contributed by atoms with Gasteiger partial charge in [0.1, 0.15) is 22.7 Å². The molecule has 0 saturated carbocycles. The molecule has 216 valence electrons. The van der Waals surface area contributed by atoms with Crippen molar-refractivity contribution in [3.63, 3.8) is 0 Å². The first-order chi connectivity index (χ1) is 22.8. The molecule has 0 atom stereocenters. The van der Waals surface area contributed by atoms with Gasteiger partial charge in [0.15, 0.2) is 0 Å². The highest BCUT2D eigenvalue weighted by atomic mass is 16.5. The number of rotatable bonds is 3. The van der Waals surface area contributed by atoms with E-state index in [1.165, 1.54) is 16.7 Å². The molecule has 0 fully saturated rings. The molecule has 2 heterocycles. The van der Waals surface area contributed by atoms with Crippen LogP contribution in [-0.2, 0) is 5.41 Å². The van der Waals surface area contributed by atoms with Crippen molar-refractivity contribution in [2.24, 2.45) is 0 Å². The smallest absolute Gasteiger partial charge is 0.143 e. The van der Waals surface area contributed by atoms with E-state index in [1.807, 2.05) is 0 Å². The summed E-state index contributed by atoms with van der Waals surface area (Å²) in [5.41, 5.74) is 11.7. The van der Waals surface area contributed by atoms with Crippen LogP contribution in [0, 0.1) is 0 Å². The summed E-state index contributed by atoms with van der Waals surface area (Å²) in [5.74, 6) is 1.78. The maximum absolute atomic E-state index is 6.86. The number of para-hydroxylation sites is 4. The van der Waals surface area contributed by atoms with Crippen LogP contribution < -0.4 is 9.64 Å². The van der Waals surface area contributed by atoms with Gasteiger partial charge in [0.2, 0.25) is 0 Å². The summed E-state index contributed by atoms with van der Waals surface area (Å²) in [7, 11) is 0. The molecule has 0 unspecified atom stereocenters. The molecule has 0 bridgehead atoms. The molecule has 3 nitrogen and oxygen atoms in total. The van der Waals surface area contributed by atoms with Crippen molar-refractivity contribution in [1.29, 1.82) is 0 Å². The second kappa shape index (κ2) is 9.47. The Balaban J connectivity index is 1.26. The predicted octanol–water partition coefficient (Wildman–Crippen LogP) is 11.5. The van der Waals surface area contributed by atoms with Crippen LogP contribution in [0.2, 0.25) is 0 Å². The fourth-order valence-corrected chi connectivity index (χ4v) is 7.90. The van der Waals surface area contributed by atoms with E-state index < -0.39 is 5.41 Å². The molecule has 10 rings (SSSR count). The van der Waals surface area contributed by atoms with E-state index in [0.29, 0.717) is 0 Å². The second-order valence-corrected chi connectivity index (χ2v) is 12.0. The van der Waals surface area contributed by atoms with Crippen LogP contribution in [0.1, 0.15) is 22.3 Å². The summed E-state index contributed by atoms with van der Waals surface area (Å²) < 4.78 is 13.4. The molecule has 1 aliphatic carbocycles. The van der Waals surface area contributed by atoms with E-state index in [1.54, 1.807) is 0 Å². The second-order valence-electron chi connectivity index (χ2n) is 12.0. The van der Waals surface area contributed by atoms with E-state index in [2.05, 4.69) is 169 Å². The summed E-state index contributed by atoms with van der Waals surface area (Å²) in [6, 6.07) is 57.9. The molecule has 1 aliphatic heterocycles. The highest BCUT2D eigenvalue weighted by Gasteiger charge is 2.51. The molecule has 0 N–H and O–H groups in total. The Bertz CT molecular complexity index is 2370. The van der Waals surface area contributed by atoms with E-state index in [4.69, 9.17) is 9.15 Å². The fourth-order valence-electron chi connectivity index (χ4n) is 7.90. The van der Waals surface area contributed by atoms with Gasteiger partial charge in [-0.15, -0.1) is 0 Å². The van der Waals surface area contributed by atoms with Gasteiger partial charge in [0.25, 0.3) is 0 Å². The normalized spacial score (nSPS) is 13.6. The van der Waals surface area contributed by atoms with Crippen LogP contribution in [-0.4, -0.2) is 0 Å². The van der Waals surface area contributed by atoms with E-state index in [0.717, 1.165) is 67.2 Å². The summed E-state index contributed by atoms with van der Waals surface area (Å²) in [6.07, 6.45) is 0. The zero-order valence-corrected chi connectivity index (χ0v) is 24.9. The van der Waals surface area contributed by atoms with Gasteiger partial charge in [-0.3, -0.25) is 0 Å². The van der Waals surface area contributed by atoms with Gasteiger partial charge < -0.3 is 14.1 Å². The lowest BCUT2D eigenvalue weighted by Gasteiger charge is -2.39. The van der Waals surface area contributed by atoms with Crippen LogP contribution in [0.4, 0.5) is 17.1 Å². The molecule has 1 aromatic heterocycles. The Kier molecular flexibility index (Phi) is 5.20. The monoisotopic (exact) mass is 589 g/mol. The number of nitrogens with zero attached hydrogens (tertiary/aromatic N) is 1. The molecular formula is C43H27NO2. The molecule has 8 aromatic rings. The third-order valence-corrected chi connectivity index (χ3v) is 9.72. The van der Waals surface area contributed by atoms with Crippen molar-refractivity contribution in [3.05, 3.63) is 186 Å². The molecule has 1 spiro atoms. The summed E-state index contributed by atoms with van der Waals surface area (Å²) in [5, 5.41) is 2.20. The van der Waals surface area contributed by atoms with Crippen LogP contribution in [0.3, 0.4) is 0 Å². The minimum atomic E-state index is -0.521. The lowest BCUT2D eigenvalue weighted by atomic mass is 9.66. The number of ether oxygens (including phenoxy) is 1. The number of hydrogen-bond acceptors (Lipinski definition) is 3. The molecule has 46 heavy (non-hydrogen) atoms. The molecule has 2 aliphatic rings. The number of benzene rings is 7. The largest absolute Gasteiger partial charge is 0.457 e. The van der Waals surface area contributed by atoms with Crippen LogP contribution in [0.15, 0.2) is 168 Å². The topological polar surface area (TPSA) is 25.6 Å². The van der Waals surface area contributed by atoms with Gasteiger partial charge >= 0.3 is 0 Å². The zero-order valence-electron chi connectivity index (χ0n) is 24.9. The minimum absolute atomic E-state index is 0.521. The number of fused-ring (bicyclic) bond motifs is 13.